The maximum Gasteiger partial charge on any atom is 0.274 e. The van der Waals surface area contributed by atoms with Gasteiger partial charge in [0, 0.05) is 12.7 Å². The summed E-state index contributed by atoms with van der Waals surface area (Å²) in [7, 11) is 1.84. The molecule has 6 heteroatoms. The van der Waals surface area contributed by atoms with Crippen molar-refractivity contribution in [2.75, 3.05) is 20.1 Å². The average Bonchev–Trinajstić information content (AvgIpc) is 2.79. The number of aliphatic hydroxyl groups is 1. The average molecular weight is 265 g/mol. The molecule has 1 aliphatic carbocycles. The number of amides is 2. The Morgan fingerprint density at radius 1 is 1.53 bits per heavy atom. The van der Waals surface area contributed by atoms with E-state index in [4.69, 9.17) is 0 Å². The fourth-order valence-electron chi connectivity index (χ4n) is 2.31. The molecule has 1 saturated carbocycles. The maximum atomic E-state index is 11.7. The Labute approximate surface area is 111 Å². The fraction of sp³-hybridized carbons (Fsp3) is 0.538. The summed E-state index contributed by atoms with van der Waals surface area (Å²) >= 11 is 0. The van der Waals surface area contributed by atoms with Gasteiger partial charge >= 0.3 is 0 Å². The third-order valence-corrected chi connectivity index (χ3v) is 3.29. The lowest BCUT2D eigenvalue weighted by atomic mass is 9.82. The molecule has 0 atom stereocenters. The SMILES string of the molecule is CN(CC(=O)NC(=O)c1ccc[nH]1)CC1CC(O)C1. The van der Waals surface area contributed by atoms with Crippen LogP contribution < -0.4 is 5.32 Å². The molecule has 2 rings (SSSR count). The molecule has 104 valence electrons. The summed E-state index contributed by atoms with van der Waals surface area (Å²) in [4.78, 5) is 27.9. The Morgan fingerprint density at radius 3 is 2.84 bits per heavy atom. The predicted molar refractivity (Wildman–Crippen MR) is 69.5 cm³/mol. The molecule has 0 aliphatic heterocycles. The summed E-state index contributed by atoms with van der Waals surface area (Å²) in [5, 5.41) is 11.5. The van der Waals surface area contributed by atoms with Gasteiger partial charge in [-0.25, -0.2) is 0 Å². The number of carbonyl (C=O) groups excluding carboxylic acids is 2. The molecule has 0 radical (unpaired) electrons. The lowest BCUT2D eigenvalue weighted by Crippen LogP contribution is -2.42. The Balaban J connectivity index is 1.70. The number of rotatable bonds is 5. The molecule has 3 N–H and O–H groups in total. The van der Waals surface area contributed by atoms with Crippen LogP contribution in [-0.2, 0) is 4.79 Å². The molecular weight excluding hydrogens is 246 g/mol. The van der Waals surface area contributed by atoms with E-state index in [1.807, 2.05) is 11.9 Å². The molecule has 6 nitrogen and oxygen atoms in total. The summed E-state index contributed by atoms with van der Waals surface area (Å²) in [6.07, 6.45) is 3.05. The van der Waals surface area contributed by atoms with Gasteiger partial charge in [0.05, 0.1) is 12.6 Å². The minimum atomic E-state index is -0.414. The highest BCUT2D eigenvalue weighted by Crippen LogP contribution is 2.27. The van der Waals surface area contributed by atoms with Gasteiger partial charge in [0.2, 0.25) is 5.91 Å². The van der Waals surface area contributed by atoms with Gasteiger partial charge < -0.3 is 10.1 Å². The summed E-state index contributed by atoms with van der Waals surface area (Å²) < 4.78 is 0. The van der Waals surface area contributed by atoms with Crippen molar-refractivity contribution in [3.05, 3.63) is 24.0 Å². The van der Waals surface area contributed by atoms with Crippen molar-refractivity contribution in [2.45, 2.75) is 18.9 Å². The number of nitrogens with zero attached hydrogens (tertiary/aromatic N) is 1. The molecule has 0 bridgehead atoms. The lowest BCUT2D eigenvalue weighted by Gasteiger charge is -2.34. The highest BCUT2D eigenvalue weighted by Gasteiger charge is 2.28. The number of aliphatic hydroxyl groups excluding tert-OH is 1. The van der Waals surface area contributed by atoms with Crippen LogP contribution in [-0.4, -0.2) is 53.0 Å². The number of hydrogen-bond donors (Lipinski definition) is 3. The molecule has 1 heterocycles. The van der Waals surface area contributed by atoms with Gasteiger partial charge in [0.1, 0.15) is 5.69 Å². The minimum Gasteiger partial charge on any atom is -0.393 e. The summed E-state index contributed by atoms with van der Waals surface area (Å²) in [6.45, 7) is 0.945. The highest BCUT2D eigenvalue weighted by molar-refractivity contribution is 6.04. The zero-order valence-corrected chi connectivity index (χ0v) is 10.9. The van der Waals surface area contributed by atoms with Crippen molar-refractivity contribution in [1.29, 1.82) is 0 Å². The molecule has 1 aromatic rings. The van der Waals surface area contributed by atoms with Gasteiger partial charge in [0.25, 0.3) is 5.91 Å². The van der Waals surface area contributed by atoms with Crippen molar-refractivity contribution < 1.29 is 14.7 Å². The van der Waals surface area contributed by atoms with Crippen LogP contribution in [0, 0.1) is 5.92 Å². The zero-order chi connectivity index (χ0) is 13.8. The number of aromatic nitrogens is 1. The van der Waals surface area contributed by atoms with E-state index in [2.05, 4.69) is 10.3 Å². The molecule has 0 aromatic carbocycles. The van der Waals surface area contributed by atoms with Crippen LogP contribution in [0.3, 0.4) is 0 Å². The molecule has 1 aromatic heterocycles. The first-order valence-corrected chi connectivity index (χ1v) is 6.38. The number of hydrogen-bond acceptors (Lipinski definition) is 4. The third-order valence-electron chi connectivity index (χ3n) is 3.29. The zero-order valence-electron chi connectivity index (χ0n) is 10.9. The number of nitrogens with one attached hydrogen (secondary N) is 2. The van der Waals surface area contributed by atoms with E-state index in [1.54, 1.807) is 18.3 Å². The molecule has 0 spiro atoms. The molecule has 19 heavy (non-hydrogen) atoms. The van der Waals surface area contributed by atoms with E-state index in [1.165, 1.54) is 0 Å². The number of imide groups is 1. The normalized spacial score (nSPS) is 22.1. The van der Waals surface area contributed by atoms with E-state index in [0.717, 1.165) is 19.4 Å². The van der Waals surface area contributed by atoms with Crippen LogP contribution in [0.25, 0.3) is 0 Å². The highest BCUT2D eigenvalue weighted by atomic mass is 16.3. The third kappa shape index (κ3) is 3.90. The molecule has 1 fully saturated rings. The Kier molecular flexibility index (Phi) is 4.34. The lowest BCUT2D eigenvalue weighted by molar-refractivity contribution is -0.121. The van der Waals surface area contributed by atoms with Crippen molar-refractivity contribution in [1.82, 2.24) is 15.2 Å². The van der Waals surface area contributed by atoms with Crippen LogP contribution in [0.5, 0.6) is 0 Å². The molecule has 1 aliphatic rings. The summed E-state index contributed by atoms with van der Waals surface area (Å²) in [5.74, 6) is -0.281. The van der Waals surface area contributed by atoms with Crippen molar-refractivity contribution >= 4 is 11.8 Å². The quantitative estimate of drug-likeness (QED) is 0.698. The monoisotopic (exact) mass is 265 g/mol. The van der Waals surface area contributed by atoms with E-state index in [-0.39, 0.29) is 18.6 Å². The summed E-state index contributed by atoms with van der Waals surface area (Å²) in [6, 6.07) is 3.31. The molecule has 2 amide bonds. The molecule has 0 unspecified atom stereocenters. The Hall–Kier alpha value is -1.66. The van der Waals surface area contributed by atoms with Gasteiger partial charge in [-0.2, -0.15) is 0 Å². The van der Waals surface area contributed by atoms with E-state index in [9.17, 15) is 14.7 Å². The van der Waals surface area contributed by atoms with Crippen LogP contribution in [0.2, 0.25) is 0 Å². The molecule has 0 saturated heterocycles. The number of H-pyrrole nitrogens is 1. The van der Waals surface area contributed by atoms with Crippen molar-refractivity contribution in [3.8, 4) is 0 Å². The van der Waals surface area contributed by atoms with Gasteiger partial charge in [-0.05, 0) is 37.9 Å². The topological polar surface area (TPSA) is 85.4 Å². The van der Waals surface area contributed by atoms with Gasteiger partial charge in [-0.3, -0.25) is 19.8 Å². The van der Waals surface area contributed by atoms with Crippen LogP contribution in [0.1, 0.15) is 23.3 Å². The van der Waals surface area contributed by atoms with Gasteiger partial charge in [0.15, 0.2) is 0 Å². The van der Waals surface area contributed by atoms with Gasteiger partial charge in [-0.1, -0.05) is 0 Å². The Bertz CT molecular complexity index is 438. The smallest absolute Gasteiger partial charge is 0.274 e. The van der Waals surface area contributed by atoms with Gasteiger partial charge in [-0.15, -0.1) is 0 Å². The second kappa shape index (κ2) is 5.99. The predicted octanol–water partition coefficient (Wildman–Crippen LogP) is -0.0262. The number of carbonyl (C=O) groups is 2. The first kappa shape index (κ1) is 13.8. The summed E-state index contributed by atoms with van der Waals surface area (Å²) in [5.41, 5.74) is 0.373. The second-order valence-electron chi connectivity index (χ2n) is 5.15. The van der Waals surface area contributed by atoms with E-state index >= 15 is 0 Å². The first-order valence-electron chi connectivity index (χ1n) is 6.38. The van der Waals surface area contributed by atoms with E-state index in [0.29, 0.717) is 11.6 Å². The van der Waals surface area contributed by atoms with Crippen molar-refractivity contribution in [2.24, 2.45) is 5.92 Å². The molecular formula is C13H19N3O3. The number of likely N-dealkylation sites (N-methyl/N-ethyl adjacent to an activating group) is 1. The Morgan fingerprint density at radius 2 is 2.26 bits per heavy atom. The minimum absolute atomic E-state index is 0.179. The van der Waals surface area contributed by atoms with E-state index < -0.39 is 5.91 Å². The maximum absolute atomic E-state index is 11.7. The van der Waals surface area contributed by atoms with Crippen LogP contribution in [0.4, 0.5) is 0 Å². The first-order chi connectivity index (χ1) is 9.04. The fourth-order valence-corrected chi connectivity index (χ4v) is 2.31. The van der Waals surface area contributed by atoms with Crippen LogP contribution in [0.15, 0.2) is 18.3 Å². The largest absolute Gasteiger partial charge is 0.393 e. The standard InChI is InChI=1S/C13H19N3O3/c1-16(7-9-5-10(17)6-9)8-12(18)15-13(19)11-3-2-4-14-11/h2-4,9-10,14,17H,5-8H2,1H3,(H,15,18,19). The van der Waals surface area contributed by atoms with Crippen LogP contribution >= 0.6 is 0 Å². The number of aromatic amines is 1. The second-order valence-corrected chi connectivity index (χ2v) is 5.15. The van der Waals surface area contributed by atoms with Crippen molar-refractivity contribution in [3.63, 3.8) is 0 Å².